The molecule has 0 saturated heterocycles. The molecule has 1 aliphatic rings. The van der Waals surface area contributed by atoms with E-state index in [-0.39, 0.29) is 12.0 Å². The first-order valence-electron chi connectivity index (χ1n) is 6.83. The van der Waals surface area contributed by atoms with Gasteiger partial charge in [0.1, 0.15) is 5.52 Å². The van der Waals surface area contributed by atoms with Gasteiger partial charge in [0.2, 0.25) is 0 Å². The van der Waals surface area contributed by atoms with Crippen LogP contribution in [0, 0.1) is 5.41 Å². The van der Waals surface area contributed by atoms with E-state index in [1.807, 2.05) is 32.0 Å². The van der Waals surface area contributed by atoms with E-state index in [1.165, 1.54) is 12.8 Å². The first-order chi connectivity index (χ1) is 9.07. The summed E-state index contributed by atoms with van der Waals surface area (Å²) in [6, 6.07) is 5.97. The quantitative estimate of drug-likeness (QED) is 0.867. The molecule has 0 spiro atoms. The smallest absolute Gasteiger partial charge is 0.198 e. The second-order valence-electron chi connectivity index (χ2n) is 6.18. The number of nitrogens with one attached hydrogen (secondary N) is 1. The molecule has 0 amide bonds. The highest BCUT2D eigenvalue weighted by Gasteiger charge is 2.28. The Hall–Kier alpha value is -1.55. The van der Waals surface area contributed by atoms with Crippen molar-refractivity contribution in [3.63, 3.8) is 0 Å². The van der Waals surface area contributed by atoms with E-state index in [9.17, 15) is 5.11 Å². The highest BCUT2D eigenvalue weighted by atomic mass is 16.3. The van der Waals surface area contributed by atoms with Crippen molar-refractivity contribution in [1.29, 1.82) is 0 Å². The molecule has 1 saturated carbocycles. The zero-order valence-electron chi connectivity index (χ0n) is 11.4. The second-order valence-corrected chi connectivity index (χ2v) is 6.18. The van der Waals surface area contributed by atoms with E-state index in [4.69, 9.17) is 4.42 Å². The summed E-state index contributed by atoms with van der Waals surface area (Å²) in [5, 5.41) is 12.6. The van der Waals surface area contributed by atoms with Gasteiger partial charge >= 0.3 is 0 Å². The molecule has 0 atom stereocenters. The molecular formula is C15H20N2O2. The van der Waals surface area contributed by atoms with E-state index < -0.39 is 0 Å². The Morgan fingerprint density at radius 2 is 2.21 bits per heavy atom. The van der Waals surface area contributed by atoms with Gasteiger partial charge in [0.15, 0.2) is 11.5 Å². The number of anilines is 1. The van der Waals surface area contributed by atoms with Crippen LogP contribution in [0.4, 0.5) is 5.69 Å². The fraction of sp³-hybridized carbons (Fsp3) is 0.533. The number of oxazole rings is 1. The standard InChI is InChI=1S/C15H20N2O2/c1-15(2,9-18)8-16-11-5-6-13-12(7-11)17-14(19-13)10-3-4-10/h5-7,10,16,18H,3-4,8-9H2,1-2H3. The lowest BCUT2D eigenvalue weighted by atomic mass is 9.95. The van der Waals surface area contributed by atoms with E-state index in [0.29, 0.717) is 5.92 Å². The van der Waals surface area contributed by atoms with Crippen LogP contribution in [0.1, 0.15) is 38.5 Å². The summed E-state index contributed by atoms with van der Waals surface area (Å²) in [4.78, 5) is 4.54. The van der Waals surface area contributed by atoms with Crippen LogP contribution in [0.25, 0.3) is 11.1 Å². The molecule has 4 heteroatoms. The molecule has 1 aromatic heterocycles. The van der Waals surface area contributed by atoms with Crippen LogP contribution in [0.3, 0.4) is 0 Å². The van der Waals surface area contributed by atoms with Crippen LogP contribution < -0.4 is 5.32 Å². The normalized spacial score (nSPS) is 15.9. The first kappa shape index (κ1) is 12.5. The molecular weight excluding hydrogens is 240 g/mol. The zero-order valence-corrected chi connectivity index (χ0v) is 11.4. The third kappa shape index (κ3) is 2.73. The fourth-order valence-corrected chi connectivity index (χ4v) is 1.96. The molecule has 3 rings (SSSR count). The average Bonchev–Trinajstić information content (AvgIpc) is 3.16. The number of fused-ring (bicyclic) bond motifs is 1. The van der Waals surface area contributed by atoms with E-state index in [2.05, 4.69) is 10.3 Å². The number of aromatic nitrogens is 1. The topological polar surface area (TPSA) is 58.3 Å². The molecule has 0 unspecified atom stereocenters. The first-order valence-corrected chi connectivity index (χ1v) is 6.83. The van der Waals surface area contributed by atoms with Crippen molar-refractivity contribution >= 4 is 16.8 Å². The molecule has 1 aromatic carbocycles. The van der Waals surface area contributed by atoms with E-state index in [1.54, 1.807) is 0 Å². The maximum atomic E-state index is 9.25. The summed E-state index contributed by atoms with van der Waals surface area (Å²) in [6.45, 7) is 4.94. The SMILES string of the molecule is CC(C)(CO)CNc1ccc2oc(C3CC3)nc2c1. The Kier molecular flexibility index (Phi) is 2.97. The van der Waals surface area contributed by atoms with Crippen molar-refractivity contribution < 1.29 is 9.52 Å². The number of rotatable bonds is 5. The van der Waals surface area contributed by atoms with E-state index in [0.717, 1.165) is 29.2 Å². The lowest BCUT2D eigenvalue weighted by Crippen LogP contribution is -2.26. The van der Waals surface area contributed by atoms with Crippen LogP contribution in [-0.4, -0.2) is 23.2 Å². The molecule has 1 aliphatic carbocycles. The fourth-order valence-electron chi connectivity index (χ4n) is 1.96. The van der Waals surface area contributed by atoms with Crippen molar-refractivity contribution in [3.8, 4) is 0 Å². The summed E-state index contributed by atoms with van der Waals surface area (Å²) in [7, 11) is 0. The third-order valence-electron chi connectivity index (χ3n) is 3.53. The van der Waals surface area contributed by atoms with Crippen molar-refractivity contribution in [1.82, 2.24) is 4.98 Å². The summed E-state index contributed by atoms with van der Waals surface area (Å²) in [5.74, 6) is 1.42. The van der Waals surface area contributed by atoms with Crippen molar-refractivity contribution in [2.24, 2.45) is 5.41 Å². The minimum absolute atomic E-state index is 0.127. The molecule has 0 aliphatic heterocycles. The highest BCUT2D eigenvalue weighted by molar-refractivity contribution is 5.77. The number of benzene rings is 1. The van der Waals surface area contributed by atoms with E-state index >= 15 is 0 Å². The van der Waals surface area contributed by atoms with Gasteiger partial charge in [-0.05, 0) is 31.0 Å². The van der Waals surface area contributed by atoms with Gasteiger partial charge in [-0.15, -0.1) is 0 Å². The van der Waals surface area contributed by atoms with Crippen molar-refractivity contribution in [3.05, 3.63) is 24.1 Å². The predicted molar refractivity (Wildman–Crippen MR) is 75.3 cm³/mol. The lowest BCUT2D eigenvalue weighted by molar-refractivity contribution is 0.171. The number of aliphatic hydroxyl groups excluding tert-OH is 1. The lowest BCUT2D eigenvalue weighted by Gasteiger charge is -2.22. The maximum Gasteiger partial charge on any atom is 0.198 e. The van der Waals surface area contributed by atoms with Gasteiger partial charge in [-0.25, -0.2) is 4.98 Å². The molecule has 2 aromatic rings. The van der Waals surface area contributed by atoms with Gasteiger partial charge in [0.25, 0.3) is 0 Å². The minimum atomic E-state index is -0.127. The summed E-state index contributed by atoms with van der Waals surface area (Å²) < 4.78 is 5.73. The molecule has 19 heavy (non-hydrogen) atoms. The van der Waals surface area contributed by atoms with Crippen LogP contribution in [0.15, 0.2) is 22.6 Å². The highest BCUT2D eigenvalue weighted by Crippen LogP contribution is 2.40. The molecule has 2 N–H and O–H groups in total. The maximum absolute atomic E-state index is 9.25. The Bertz CT molecular complexity index is 585. The van der Waals surface area contributed by atoms with Crippen LogP contribution >= 0.6 is 0 Å². The van der Waals surface area contributed by atoms with Crippen LogP contribution in [0.5, 0.6) is 0 Å². The Morgan fingerprint density at radius 1 is 1.42 bits per heavy atom. The van der Waals surface area contributed by atoms with Crippen LogP contribution in [-0.2, 0) is 0 Å². The van der Waals surface area contributed by atoms with Gasteiger partial charge in [-0.2, -0.15) is 0 Å². The Balaban J connectivity index is 1.77. The van der Waals surface area contributed by atoms with Gasteiger partial charge in [0, 0.05) is 30.2 Å². The number of hydrogen-bond donors (Lipinski definition) is 2. The van der Waals surface area contributed by atoms with Gasteiger partial charge in [0.05, 0.1) is 0 Å². The van der Waals surface area contributed by atoms with Crippen molar-refractivity contribution in [2.75, 3.05) is 18.5 Å². The molecule has 1 heterocycles. The number of hydrogen-bond acceptors (Lipinski definition) is 4. The predicted octanol–water partition coefficient (Wildman–Crippen LogP) is 3.14. The third-order valence-corrected chi connectivity index (χ3v) is 3.53. The van der Waals surface area contributed by atoms with Gasteiger partial charge < -0.3 is 14.8 Å². The zero-order chi connectivity index (χ0) is 13.5. The molecule has 4 nitrogen and oxygen atoms in total. The summed E-state index contributed by atoms with van der Waals surface area (Å²) >= 11 is 0. The van der Waals surface area contributed by atoms with Crippen molar-refractivity contribution in [2.45, 2.75) is 32.6 Å². The molecule has 1 fully saturated rings. The summed E-state index contributed by atoms with van der Waals surface area (Å²) in [5.41, 5.74) is 2.66. The number of nitrogens with zero attached hydrogens (tertiary/aromatic N) is 1. The molecule has 0 radical (unpaired) electrons. The minimum Gasteiger partial charge on any atom is -0.440 e. The second kappa shape index (κ2) is 4.53. The monoisotopic (exact) mass is 260 g/mol. The largest absolute Gasteiger partial charge is 0.440 e. The molecule has 102 valence electrons. The average molecular weight is 260 g/mol. The number of aliphatic hydroxyl groups is 1. The Morgan fingerprint density at radius 3 is 2.89 bits per heavy atom. The van der Waals surface area contributed by atoms with Crippen LogP contribution in [0.2, 0.25) is 0 Å². The Labute approximate surface area is 112 Å². The summed E-state index contributed by atoms with van der Waals surface area (Å²) in [6.07, 6.45) is 2.39. The van der Waals surface area contributed by atoms with Gasteiger partial charge in [-0.1, -0.05) is 13.8 Å². The van der Waals surface area contributed by atoms with Gasteiger partial charge in [-0.3, -0.25) is 0 Å². The molecule has 0 bridgehead atoms.